The molecule has 0 aliphatic carbocycles. The molecule has 0 atom stereocenters. The topological polar surface area (TPSA) is 99.0 Å². The average molecular weight is 559 g/mol. The lowest BCUT2D eigenvalue weighted by Crippen LogP contribution is -2.27. The van der Waals surface area contributed by atoms with Gasteiger partial charge in [-0.1, -0.05) is 47.5 Å². The van der Waals surface area contributed by atoms with E-state index in [-0.39, 0.29) is 28.8 Å². The lowest BCUT2D eigenvalue weighted by atomic mass is 10.1. The summed E-state index contributed by atoms with van der Waals surface area (Å²) >= 11 is 13.3. The molecule has 2 amide bonds. The number of carbonyl (C=O) groups excluding carboxylic acids is 2. The van der Waals surface area contributed by atoms with E-state index >= 15 is 0 Å². The van der Waals surface area contributed by atoms with E-state index in [0.29, 0.717) is 34.3 Å². The van der Waals surface area contributed by atoms with Gasteiger partial charge < -0.3 is 9.47 Å². The third-order valence-electron chi connectivity index (χ3n) is 5.29. The zero-order chi connectivity index (χ0) is 26.5. The van der Waals surface area contributed by atoms with Crippen LogP contribution < -0.4 is 9.47 Å². The lowest BCUT2D eigenvalue weighted by molar-refractivity contribution is -0.384. The van der Waals surface area contributed by atoms with Crippen LogP contribution in [0.1, 0.15) is 23.6 Å². The number of non-ortho nitro benzene ring substituents is 1. The summed E-state index contributed by atoms with van der Waals surface area (Å²) in [6, 6.07) is 16.2. The summed E-state index contributed by atoms with van der Waals surface area (Å²) in [6.45, 7) is 2.44. The molecule has 0 unspecified atom stereocenters. The summed E-state index contributed by atoms with van der Waals surface area (Å²) < 4.78 is 11.6. The van der Waals surface area contributed by atoms with Gasteiger partial charge >= 0.3 is 0 Å². The Morgan fingerprint density at radius 1 is 1.00 bits per heavy atom. The summed E-state index contributed by atoms with van der Waals surface area (Å²) in [7, 11) is 0. The smallest absolute Gasteiger partial charge is 0.293 e. The molecule has 8 nitrogen and oxygen atoms in total. The number of carbonyl (C=O) groups is 2. The number of nitrogens with zero attached hydrogens (tertiary/aromatic N) is 2. The van der Waals surface area contributed by atoms with E-state index in [4.69, 9.17) is 32.7 Å². The van der Waals surface area contributed by atoms with Gasteiger partial charge in [0.15, 0.2) is 11.5 Å². The second-order valence-electron chi connectivity index (χ2n) is 7.87. The summed E-state index contributed by atoms with van der Waals surface area (Å²) in [5.41, 5.74) is 1.99. The maximum atomic E-state index is 13.0. The fourth-order valence-electron chi connectivity index (χ4n) is 3.50. The number of amides is 2. The number of nitro benzene ring substituents is 1. The maximum absolute atomic E-state index is 13.0. The van der Waals surface area contributed by atoms with Crippen molar-refractivity contribution < 1.29 is 24.0 Å². The van der Waals surface area contributed by atoms with Gasteiger partial charge in [0, 0.05) is 17.2 Å². The van der Waals surface area contributed by atoms with Crippen LogP contribution in [0.5, 0.6) is 11.5 Å². The highest BCUT2D eigenvalue weighted by atomic mass is 35.5. The molecule has 0 N–H and O–H groups in total. The first-order chi connectivity index (χ1) is 17.7. The van der Waals surface area contributed by atoms with Gasteiger partial charge in [-0.3, -0.25) is 24.6 Å². The van der Waals surface area contributed by atoms with Crippen LogP contribution in [0, 0.1) is 10.1 Å². The highest BCUT2D eigenvalue weighted by molar-refractivity contribution is 8.18. The number of thioether (sulfide) groups is 1. The van der Waals surface area contributed by atoms with Gasteiger partial charge in [0.25, 0.3) is 16.8 Å². The molecule has 1 fully saturated rings. The van der Waals surface area contributed by atoms with Crippen LogP contribution >= 0.6 is 35.0 Å². The summed E-state index contributed by atoms with van der Waals surface area (Å²) in [6.07, 6.45) is 1.57. The fourth-order valence-corrected chi connectivity index (χ4v) is 4.74. The Kier molecular flexibility index (Phi) is 8.38. The minimum atomic E-state index is -0.512. The Balaban J connectivity index is 1.52. The van der Waals surface area contributed by atoms with Crippen LogP contribution in [0.4, 0.5) is 10.5 Å². The minimum absolute atomic E-state index is 0.00241. The number of hydrogen-bond donors (Lipinski definition) is 0. The Bertz CT molecular complexity index is 1380. The summed E-state index contributed by atoms with van der Waals surface area (Å²) in [4.78, 5) is 37.1. The molecule has 3 aromatic carbocycles. The number of halogens is 2. The molecule has 11 heteroatoms. The van der Waals surface area contributed by atoms with Crippen molar-refractivity contribution in [3.05, 3.63) is 102 Å². The summed E-state index contributed by atoms with van der Waals surface area (Å²) in [5, 5.41) is 11.3. The molecule has 3 aromatic rings. The van der Waals surface area contributed by atoms with Crippen molar-refractivity contribution in [2.24, 2.45) is 0 Å². The van der Waals surface area contributed by atoms with E-state index < -0.39 is 16.1 Å². The third-order valence-corrected chi connectivity index (χ3v) is 6.73. The van der Waals surface area contributed by atoms with Crippen LogP contribution in [0.3, 0.4) is 0 Å². The van der Waals surface area contributed by atoms with E-state index in [9.17, 15) is 19.7 Å². The van der Waals surface area contributed by atoms with Crippen molar-refractivity contribution in [3.63, 3.8) is 0 Å². The lowest BCUT2D eigenvalue weighted by Gasteiger charge is -2.15. The molecule has 0 saturated carbocycles. The molecule has 1 aliphatic heterocycles. The molecule has 190 valence electrons. The number of nitro groups is 1. The fraction of sp³-hybridized carbons (Fsp3) is 0.154. The van der Waals surface area contributed by atoms with Crippen LogP contribution in [-0.2, 0) is 17.9 Å². The van der Waals surface area contributed by atoms with Crippen molar-refractivity contribution in [2.75, 3.05) is 6.61 Å². The first kappa shape index (κ1) is 26.5. The van der Waals surface area contributed by atoms with Gasteiger partial charge in [0.2, 0.25) is 0 Å². The third kappa shape index (κ3) is 6.43. The zero-order valence-corrected chi connectivity index (χ0v) is 21.8. The monoisotopic (exact) mass is 558 g/mol. The quantitative estimate of drug-likeness (QED) is 0.156. The molecule has 37 heavy (non-hydrogen) atoms. The number of benzene rings is 3. The predicted molar refractivity (Wildman–Crippen MR) is 143 cm³/mol. The van der Waals surface area contributed by atoms with Gasteiger partial charge in [-0.15, -0.1) is 0 Å². The Hall–Kier alpha value is -3.53. The normalized spacial score (nSPS) is 14.4. The van der Waals surface area contributed by atoms with Gasteiger partial charge in [0.1, 0.15) is 6.61 Å². The van der Waals surface area contributed by atoms with E-state index in [1.165, 1.54) is 24.3 Å². The molecule has 1 aliphatic rings. The highest BCUT2D eigenvalue weighted by Gasteiger charge is 2.35. The Morgan fingerprint density at radius 2 is 1.68 bits per heavy atom. The Morgan fingerprint density at radius 3 is 2.32 bits per heavy atom. The van der Waals surface area contributed by atoms with Crippen LogP contribution in [0.25, 0.3) is 6.08 Å². The second kappa shape index (κ2) is 11.7. The number of rotatable bonds is 9. The van der Waals surface area contributed by atoms with Gasteiger partial charge in [-0.2, -0.15) is 0 Å². The minimum Gasteiger partial charge on any atom is -0.490 e. The zero-order valence-electron chi connectivity index (χ0n) is 19.5. The molecule has 0 bridgehead atoms. The molecular formula is C26H20Cl2N2O6S. The van der Waals surface area contributed by atoms with E-state index in [1.807, 2.05) is 19.1 Å². The molecule has 1 saturated heterocycles. The van der Waals surface area contributed by atoms with Crippen molar-refractivity contribution in [1.82, 2.24) is 4.90 Å². The first-order valence-electron chi connectivity index (χ1n) is 11.1. The SMILES string of the molecule is CCOc1cc(/C=C2/SC(=O)N(Cc3ccc([N+](=O)[O-])cc3)C2=O)cc(Cl)c1OCc1ccc(Cl)cc1. The van der Waals surface area contributed by atoms with Crippen molar-refractivity contribution in [3.8, 4) is 11.5 Å². The van der Waals surface area contributed by atoms with E-state index in [1.54, 1.807) is 30.3 Å². The maximum Gasteiger partial charge on any atom is 0.293 e. The Labute approximate surface area is 226 Å². The van der Waals surface area contributed by atoms with Gasteiger partial charge in [-0.05, 0) is 65.7 Å². The van der Waals surface area contributed by atoms with Crippen molar-refractivity contribution in [2.45, 2.75) is 20.1 Å². The molecular weight excluding hydrogens is 539 g/mol. The van der Waals surface area contributed by atoms with Crippen molar-refractivity contribution in [1.29, 1.82) is 0 Å². The van der Waals surface area contributed by atoms with E-state index in [2.05, 4.69) is 0 Å². The molecule has 0 aromatic heterocycles. The molecule has 4 rings (SSSR count). The number of ether oxygens (including phenoxy) is 2. The van der Waals surface area contributed by atoms with E-state index in [0.717, 1.165) is 22.2 Å². The number of hydrogen-bond acceptors (Lipinski definition) is 7. The standard InChI is InChI=1S/C26H20Cl2N2O6S/c1-2-35-22-12-18(11-21(28)24(22)36-15-17-3-7-19(27)8-4-17)13-23-25(31)29(26(32)37-23)14-16-5-9-20(10-6-16)30(33)34/h3-13H,2,14-15H2,1H3/b23-13+. The first-order valence-corrected chi connectivity index (χ1v) is 12.6. The largest absolute Gasteiger partial charge is 0.490 e. The second-order valence-corrected chi connectivity index (χ2v) is 9.71. The summed E-state index contributed by atoms with van der Waals surface area (Å²) in [5.74, 6) is 0.299. The highest BCUT2D eigenvalue weighted by Crippen LogP contribution is 2.40. The predicted octanol–water partition coefficient (Wildman–Crippen LogP) is 7.12. The molecule has 0 radical (unpaired) electrons. The van der Waals surface area contributed by atoms with Crippen LogP contribution in [0.2, 0.25) is 10.0 Å². The number of imide groups is 1. The van der Waals surface area contributed by atoms with Gasteiger partial charge in [-0.25, -0.2) is 0 Å². The van der Waals surface area contributed by atoms with Gasteiger partial charge in [0.05, 0.1) is 28.0 Å². The molecule has 0 spiro atoms. The average Bonchev–Trinajstić information content (AvgIpc) is 3.12. The van der Waals surface area contributed by atoms with Crippen LogP contribution in [-0.4, -0.2) is 27.6 Å². The van der Waals surface area contributed by atoms with Crippen LogP contribution in [0.15, 0.2) is 65.6 Å². The molecule has 1 heterocycles. The van der Waals surface area contributed by atoms with Crippen molar-refractivity contribution >= 4 is 57.9 Å².